The molecule has 0 fully saturated rings. The van der Waals surface area contributed by atoms with E-state index >= 15 is 0 Å². The Hall–Kier alpha value is -5.92. The molecule has 0 saturated heterocycles. The van der Waals surface area contributed by atoms with E-state index in [-0.39, 0.29) is 17.5 Å². The fourth-order valence-electron chi connectivity index (χ4n) is 9.02. The van der Waals surface area contributed by atoms with Gasteiger partial charge in [0.15, 0.2) is 11.6 Å². The molecule has 1 aliphatic carbocycles. The van der Waals surface area contributed by atoms with Gasteiger partial charge in [0.1, 0.15) is 0 Å². The Kier molecular flexibility index (Phi) is 15.3. The van der Waals surface area contributed by atoms with Crippen LogP contribution in [-0.4, -0.2) is 55.6 Å². The molecule has 2 aromatic heterocycles. The number of nitrogens with zero attached hydrogens (tertiary/aromatic N) is 4. The second-order valence-electron chi connectivity index (χ2n) is 17.1. The molecular formula is C55H52Cl2N4O6S2. The number of carbonyl (C=O) groups is 4. The van der Waals surface area contributed by atoms with Crippen LogP contribution in [0, 0.1) is 5.92 Å². The largest absolute Gasteiger partial charge is 0.341 e. The average Bonchev–Trinajstić information content (AvgIpc) is 3.83. The van der Waals surface area contributed by atoms with Gasteiger partial charge in [-0.2, -0.15) is 0 Å². The molecule has 7 aromatic rings. The summed E-state index contributed by atoms with van der Waals surface area (Å²) in [6.07, 6.45) is 4.69. The molecular weight excluding hydrogens is 948 g/mol. The third-order valence-corrected chi connectivity index (χ3v) is 15.3. The zero-order valence-corrected chi connectivity index (χ0v) is 42.7. The molecule has 0 bridgehead atoms. The predicted molar refractivity (Wildman–Crippen MR) is 285 cm³/mol. The zero-order chi connectivity index (χ0) is 49.1. The van der Waals surface area contributed by atoms with Gasteiger partial charge in [0.25, 0.3) is 0 Å². The van der Waals surface area contributed by atoms with E-state index in [2.05, 4.69) is 40.2 Å². The number of fused-ring (bicyclic) bond motifs is 6. The normalized spacial score (nSPS) is 14.6. The summed E-state index contributed by atoms with van der Waals surface area (Å²) < 4.78 is 4.43. The van der Waals surface area contributed by atoms with Crippen LogP contribution < -0.4 is 0 Å². The molecule has 8 rings (SSSR count). The van der Waals surface area contributed by atoms with Crippen molar-refractivity contribution < 1.29 is 28.9 Å². The number of carbonyl (C=O) groups excluding carboxylic acids is 4. The van der Waals surface area contributed by atoms with Crippen molar-refractivity contribution in [3.63, 3.8) is 0 Å². The Labute approximate surface area is 419 Å². The van der Waals surface area contributed by atoms with Crippen LogP contribution in [0.2, 0.25) is 5.02 Å². The third-order valence-electron chi connectivity index (χ3n) is 12.4. The Morgan fingerprint density at radius 3 is 1.51 bits per heavy atom. The van der Waals surface area contributed by atoms with Gasteiger partial charge >= 0.3 is 11.9 Å². The van der Waals surface area contributed by atoms with Crippen LogP contribution in [-0.2, 0) is 32.4 Å². The Balaban J connectivity index is 0.877. The van der Waals surface area contributed by atoms with Crippen LogP contribution >= 0.6 is 46.7 Å². The van der Waals surface area contributed by atoms with Crippen LogP contribution in [0.3, 0.4) is 0 Å². The molecule has 1 atom stereocenters. The molecule has 2 heterocycles. The minimum atomic E-state index is -0.486. The zero-order valence-electron chi connectivity index (χ0n) is 39.6. The van der Waals surface area contributed by atoms with E-state index in [0.717, 1.165) is 103 Å². The van der Waals surface area contributed by atoms with E-state index in [1.807, 2.05) is 97.1 Å². The summed E-state index contributed by atoms with van der Waals surface area (Å²) in [5.41, 5.74) is 9.11. The second-order valence-corrected chi connectivity index (χ2v) is 20.3. The number of hydrogen-bond donors (Lipinski definition) is 0. The molecule has 14 heteroatoms. The van der Waals surface area contributed by atoms with Gasteiger partial charge in [-0.05, 0) is 165 Å². The van der Waals surface area contributed by atoms with Gasteiger partial charge in [-0.1, -0.05) is 52.6 Å². The quantitative estimate of drug-likeness (QED) is 0.0221. The number of ketones is 2. The lowest BCUT2D eigenvalue weighted by molar-refractivity contribution is -0.141. The number of Topliss-reactive ketones (excluding diaryl/α,β-unsaturated/α-hetero) is 1. The number of unbranched alkanes of at least 4 members (excludes halogenated alkanes) is 1. The first-order valence-corrected chi connectivity index (χ1v) is 25.7. The third kappa shape index (κ3) is 10.5. The Morgan fingerprint density at radius 1 is 0.609 bits per heavy atom. The number of hydrogen-bond acceptors (Lipinski definition) is 10. The molecule has 0 saturated carbocycles. The molecule has 10 nitrogen and oxygen atoms in total. The molecule has 0 spiro atoms. The number of rotatable bonds is 17. The number of aryl methyl sites for hydroxylation is 2. The van der Waals surface area contributed by atoms with E-state index in [1.165, 1.54) is 18.8 Å². The predicted octanol–water partition coefficient (Wildman–Crippen LogP) is 14.3. The lowest BCUT2D eigenvalue weighted by Crippen LogP contribution is -2.16. The van der Waals surface area contributed by atoms with Crippen molar-refractivity contribution in [2.24, 2.45) is 16.2 Å². The molecule has 0 aliphatic heterocycles. The average molecular weight is 1000 g/mol. The number of benzene rings is 5. The van der Waals surface area contributed by atoms with Crippen molar-refractivity contribution in [2.45, 2.75) is 85.7 Å². The van der Waals surface area contributed by atoms with Crippen molar-refractivity contribution in [1.29, 1.82) is 0 Å². The van der Waals surface area contributed by atoms with Gasteiger partial charge in [-0.25, -0.2) is 9.59 Å². The highest BCUT2D eigenvalue weighted by Gasteiger charge is 2.27. The maximum Gasteiger partial charge on any atom is 0.331 e. The lowest BCUT2D eigenvalue weighted by atomic mass is 9.87. The Bertz CT molecular complexity index is 3360. The maximum atomic E-state index is 14.1. The second kappa shape index (κ2) is 21.4. The monoisotopic (exact) mass is 998 g/mol. The van der Waals surface area contributed by atoms with Crippen molar-refractivity contribution in [3.8, 4) is 0 Å². The number of halogens is 2. The topological polar surface area (TPSA) is 121 Å². The molecule has 69 heavy (non-hydrogen) atoms. The molecule has 0 amide bonds. The maximum absolute atomic E-state index is 14.1. The standard InChI is InChI=1S/C55H52Cl2N4O6S2/c1-8-60-49-18-12-36(32(4)58-66-34(6)62)25-43(49)45-27-38(14-20-51(45)60)54(64)42-17-16-40(29-47(42)56)68-22-10-11-23-69-41-24-31(3)53(48(57)30-41)55(65)39-15-21-52-46(28-39)44-26-37(33(5)59-67-35(7)63)13-19-50(44)61(52)9-2/h12-21,25-31H,8-11,22-24H2,1-7H3/b58-32+,59-33+. The van der Waals surface area contributed by atoms with E-state index in [0.29, 0.717) is 43.7 Å². The molecule has 354 valence electrons. The number of aromatic nitrogens is 2. The van der Waals surface area contributed by atoms with Gasteiger partial charge in [0.2, 0.25) is 0 Å². The summed E-state index contributed by atoms with van der Waals surface area (Å²) in [7, 11) is 0. The molecule has 0 radical (unpaired) electrons. The molecule has 1 unspecified atom stereocenters. The SMILES string of the molecule is CCn1c2ccc(C(=O)C3=C(Cl)C=C(SCCCCSc4ccc(C(=O)c5ccc6c(c5)c5cc(/C(C)=N/OC(C)=O)ccc5n6CC)c(Cl)c4)CC3C)cc2c2cc(/C(C)=N/OC(C)=O)ccc21. The van der Waals surface area contributed by atoms with Crippen LogP contribution in [0.15, 0.2) is 128 Å². The minimum absolute atomic E-state index is 0.0446. The summed E-state index contributed by atoms with van der Waals surface area (Å²) in [6, 6.07) is 29.3. The van der Waals surface area contributed by atoms with Crippen LogP contribution in [0.1, 0.15) is 105 Å². The highest BCUT2D eigenvalue weighted by Crippen LogP contribution is 2.40. The van der Waals surface area contributed by atoms with E-state index in [4.69, 9.17) is 32.9 Å². The first-order chi connectivity index (χ1) is 33.2. The van der Waals surface area contributed by atoms with Crippen LogP contribution in [0.5, 0.6) is 0 Å². The summed E-state index contributed by atoms with van der Waals surface area (Å²) in [4.78, 5) is 62.7. The van der Waals surface area contributed by atoms with Crippen molar-refractivity contribution in [2.75, 3.05) is 11.5 Å². The highest BCUT2D eigenvalue weighted by atomic mass is 35.5. The first-order valence-electron chi connectivity index (χ1n) is 23.0. The summed E-state index contributed by atoms with van der Waals surface area (Å²) in [5.74, 6) is 0.591. The highest BCUT2D eigenvalue weighted by molar-refractivity contribution is 8.03. The van der Waals surface area contributed by atoms with Gasteiger partial charge in [0.05, 0.1) is 16.4 Å². The van der Waals surface area contributed by atoms with Crippen molar-refractivity contribution in [1.82, 2.24) is 9.13 Å². The van der Waals surface area contributed by atoms with E-state index in [1.54, 1.807) is 37.4 Å². The fourth-order valence-corrected chi connectivity index (χ4v) is 12.0. The van der Waals surface area contributed by atoms with Gasteiger partial charge in [-0.3, -0.25) is 9.59 Å². The summed E-state index contributed by atoms with van der Waals surface area (Å²) >= 11 is 17.2. The fraction of sp³-hybridized carbons (Fsp3) is 0.273. The van der Waals surface area contributed by atoms with Crippen LogP contribution in [0.25, 0.3) is 43.6 Å². The number of oxime groups is 2. The smallest absolute Gasteiger partial charge is 0.331 e. The van der Waals surface area contributed by atoms with Gasteiger partial charge in [-0.15, -0.1) is 23.5 Å². The molecule has 1 aliphatic rings. The molecule has 0 N–H and O–H groups in total. The van der Waals surface area contributed by atoms with Crippen molar-refractivity contribution >= 4 is 125 Å². The lowest BCUT2D eigenvalue weighted by Gasteiger charge is -2.23. The van der Waals surface area contributed by atoms with Gasteiger partial charge < -0.3 is 18.8 Å². The van der Waals surface area contributed by atoms with Crippen LogP contribution in [0.4, 0.5) is 0 Å². The molecule has 5 aromatic carbocycles. The van der Waals surface area contributed by atoms with E-state index in [9.17, 15) is 19.2 Å². The summed E-state index contributed by atoms with van der Waals surface area (Å²) in [6.45, 7) is 14.0. The van der Waals surface area contributed by atoms with E-state index < -0.39 is 11.9 Å². The van der Waals surface area contributed by atoms with Crippen molar-refractivity contribution in [3.05, 3.63) is 145 Å². The first kappa shape index (κ1) is 49.5. The number of thioether (sulfide) groups is 2. The van der Waals surface area contributed by atoms with Gasteiger partial charge in [0, 0.05) is 103 Å². The minimum Gasteiger partial charge on any atom is -0.341 e. The number of allylic oxidation sites excluding steroid dienone is 4. The summed E-state index contributed by atoms with van der Waals surface area (Å²) in [5, 5.41) is 12.7. The Morgan fingerprint density at radius 2 is 1.06 bits per heavy atom.